The Morgan fingerprint density at radius 2 is 2.07 bits per heavy atom. The van der Waals surface area contributed by atoms with Crippen LogP contribution in [0.1, 0.15) is 34.5 Å². The molecule has 0 bridgehead atoms. The van der Waals surface area contributed by atoms with E-state index in [0.717, 1.165) is 40.6 Å². The Morgan fingerprint density at radius 1 is 1.23 bits per heavy atom. The summed E-state index contributed by atoms with van der Waals surface area (Å²) in [5.74, 6) is 0.619. The maximum Gasteiger partial charge on any atom is 0.251 e. The number of nitrogens with one attached hydrogen (secondary N) is 2. The van der Waals surface area contributed by atoms with E-state index in [-0.39, 0.29) is 11.8 Å². The number of hydrogen-bond donors (Lipinski definition) is 2. The molecule has 0 spiro atoms. The summed E-state index contributed by atoms with van der Waals surface area (Å²) in [6, 6.07) is 15.5. The van der Waals surface area contributed by atoms with E-state index in [1.54, 1.807) is 17.8 Å². The number of carbonyl (C=O) groups excluding carboxylic acids is 2. The van der Waals surface area contributed by atoms with E-state index in [0.29, 0.717) is 18.5 Å². The van der Waals surface area contributed by atoms with E-state index in [2.05, 4.69) is 21.9 Å². The average Bonchev–Trinajstić information content (AvgIpc) is 3.02. The first kappa shape index (κ1) is 20.2. The number of carbonyl (C=O) groups is 2. The van der Waals surface area contributed by atoms with Crippen LogP contribution in [-0.4, -0.2) is 33.9 Å². The van der Waals surface area contributed by atoms with Gasteiger partial charge in [-0.3, -0.25) is 9.59 Å². The van der Waals surface area contributed by atoms with Gasteiger partial charge in [-0.1, -0.05) is 18.2 Å². The van der Waals surface area contributed by atoms with Crippen LogP contribution in [0, 0.1) is 6.92 Å². The minimum atomic E-state index is -0.127. The predicted molar refractivity (Wildman–Crippen MR) is 119 cm³/mol. The number of para-hydroxylation sites is 1. The molecular weight excluding hydrogens is 396 g/mol. The molecule has 0 saturated heterocycles. The largest absolute Gasteiger partial charge is 0.352 e. The number of aromatic nitrogens is 2. The van der Waals surface area contributed by atoms with Crippen LogP contribution >= 0.6 is 11.8 Å². The van der Waals surface area contributed by atoms with Crippen LogP contribution in [-0.2, 0) is 11.2 Å². The molecule has 1 aliphatic rings. The van der Waals surface area contributed by atoms with Crippen molar-refractivity contribution in [1.29, 1.82) is 0 Å². The van der Waals surface area contributed by atoms with Crippen LogP contribution in [0.2, 0.25) is 0 Å². The van der Waals surface area contributed by atoms with Crippen molar-refractivity contribution < 1.29 is 9.59 Å². The number of hydrogen-bond acceptors (Lipinski definition) is 4. The van der Waals surface area contributed by atoms with E-state index >= 15 is 0 Å². The van der Waals surface area contributed by atoms with Crippen LogP contribution in [0.3, 0.4) is 0 Å². The van der Waals surface area contributed by atoms with Crippen LogP contribution in [0.4, 0.5) is 5.69 Å². The summed E-state index contributed by atoms with van der Waals surface area (Å²) in [4.78, 5) is 25.3. The van der Waals surface area contributed by atoms with Gasteiger partial charge in [-0.05, 0) is 55.7 Å². The van der Waals surface area contributed by atoms with Gasteiger partial charge in [-0.2, -0.15) is 5.10 Å². The van der Waals surface area contributed by atoms with E-state index in [4.69, 9.17) is 0 Å². The summed E-state index contributed by atoms with van der Waals surface area (Å²) >= 11 is 1.63. The first-order valence-corrected chi connectivity index (χ1v) is 11.0. The number of fused-ring (bicyclic) bond motifs is 1. The molecule has 30 heavy (non-hydrogen) atoms. The van der Waals surface area contributed by atoms with E-state index in [1.807, 2.05) is 54.1 Å². The van der Waals surface area contributed by atoms with E-state index in [1.165, 1.54) is 5.56 Å². The predicted octanol–water partition coefficient (Wildman–Crippen LogP) is 3.98. The number of rotatable bonds is 6. The molecule has 0 atom stereocenters. The molecule has 0 aliphatic carbocycles. The topological polar surface area (TPSA) is 76.0 Å². The number of nitrogens with zero attached hydrogens (tertiary/aromatic N) is 2. The van der Waals surface area contributed by atoms with Crippen molar-refractivity contribution in [1.82, 2.24) is 15.1 Å². The Hall–Kier alpha value is -3.06. The highest BCUT2D eigenvalue weighted by molar-refractivity contribution is 7.99. The molecule has 2 aromatic carbocycles. The van der Waals surface area contributed by atoms with Crippen molar-refractivity contribution in [3.05, 3.63) is 71.5 Å². The lowest BCUT2D eigenvalue weighted by Crippen LogP contribution is -2.25. The van der Waals surface area contributed by atoms with Gasteiger partial charge in [-0.15, -0.1) is 11.8 Å². The Bertz CT molecular complexity index is 1060. The standard InChI is InChI=1S/C23H24N4O2S/c1-16-18(15-27(26-16)19-7-3-2-4-8-19)6-5-12-24-23(29)17-9-10-21-20(14-17)25-22(28)11-13-30-21/h2-4,7-10,14-15H,5-6,11-13H2,1H3,(H,24,29)(H,25,28). The number of thioether (sulfide) groups is 1. The molecule has 4 rings (SSSR count). The van der Waals surface area contributed by atoms with Gasteiger partial charge in [0, 0.05) is 35.4 Å². The lowest BCUT2D eigenvalue weighted by molar-refractivity contribution is -0.115. The molecular formula is C23H24N4O2S. The first-order valence-electron chi connectivity index (χ1n) is 10.1. The monoisotopic (exact) mass is 420 g/mol. The molecule has 2 N–H and O–H groups in total. The van der Waals surface area contributed by atoms with Gasteiger partial charge in [-0.25, -0.2) is 4.68 Å². The van der Waals surface area contributed by atoms with Gasteiger partial charge < -0.3 is 10.6 Å². The zero-order valence-corrected chi connectivity index (χ0v) is 17.7. The van der Waals surface area contributed by atoms with Crippen LogP contribution in [0.5, 0.6) is 0 Å². The summed E-state index contributed by atoms with van der Waals surface area (Å²) < 4.78 is 1.89. The lowest BCUT2D eigenvalue weighted by Gasteiger charge is -2.09. The molecule has 1 aliphatic heterocycles. The van der Waals surface area contributed by atoms with Crippen molar-refractivity contribution in [2.45, 2.75) is 31.1 Å². The van der Waals surface area contributed by atoms with Crippen molar-refractivity contribution in [2.24, 2.45) is 0 Å². The summed E-state index contributed by atoms with van der Waals surface area (Å²) in [5, 5.41) is 10.4. The Kier molecular flexibility index (Phi) is 6.18. The fourth-order valence-corrected chi connectivity index (χ4v) is 4.34. The fraction of sp³-hybridized carbons (Fsp3) is 0.261. The SMILES string of the molecule is Cc1nn(-c2ccccc2)cc1CCCNC(=O)c1ccc2c(c1)NC(=O)CCS2. The molecule has 7 heteroatoms. The summed E-state index contributed by atoms with van der Waals surface area (Å²) in [7, 11) is 0. The molecule has 0 radical (unpaired) electrons. The Labute approximate surface area is 180 Å². The normalized spacial score (nSPS) is 13.3. The molecule has 6 nitrogen and oxygen atoms in total. The van der Waals surface area contributed by atoms with Gasteiger partial charge in [0.2, 0.25) is 5.91 Å². The zero-order valence-electron chi connectivity index (χ0n) is 16.9. The van der Waals surface area contributed by atoms with E-state index in [9.17, 15) is 9.59 Å². The number of benzene rings is 2. The second-order valence-corrected chi connectivity index (χ2v) is 8.37. The fourth-order valence-electron chi connectivity index (χ4n) is 3.40. The van der Waals surface area contributed by atoms with Gasteiger partial charge in [0.15, 0.2) is 0 Å². The van der Waals surface area contributed by atoms with Crippen molar-refractivity contribution in [3.8, 4) is 5.69 Å². The van der Waals surface area contributed by atoms with Crippen LogP contribution in [0.25, 0.3) is 5.69 Å². The van der Waals surface area contributed by atoms with Crippen LogP contribution in [0.15, 0.2) is 59.6 Å². The minimum Gasteiger partial charge on any atom is -0.352 e. The number of amides is 2. The highest BCUT2D eigenvalue weighted by Gasteiger charge is 2.15. The summed E-state index contributed by atoms with van der Waals surface area (Å²) in [6.07, 6.45) is 4.21. The summed E-state index contributed by atoms with van der Waals surface area (Å²) in [5.41, 5.74) is 4.50. The second kappa shape index (κ2) is 9.17. The van der Waals surface area contributed by atoms with Gasteiger partial charge in [0.1, 0.15) is 0 Å². The van der Waals surface area contributed by atoms with Gasteiger partial charge in [0.25, 0.3) is 5.91 Å². The molecule has 2 heterocycles. The third kappa shape index (κ3) is 4.74. The van der Waals surface area contributed by atoms with Crippen molar-refractivity contribution in [3.63, 3.8) is 0 Å². The molecule has 2 amide bonds. The van der Waals surface area contributed by atoms with Gasteiger partial charge >= 0.3 is 0 Å². The Balaban J connectivity index is 1.31. The van der Waals surface area contributed by atoms with Gasteiger partial charge in [0.05, 0.1) is 17.1 Å². The number of aryl methyl sites for hydroxylation is 2. The van der Waals surface area contributed by atoms with Crippen LogP contribution < -0.4 is 10.6 Å². The van der Waals surface area contributed by atoms with Crippen molar-refractivity contribution >= 4 is 29.3 Å². The maximum atomic E-state index is 12.5. The highest BCUT2D eigenvalue weighted by atomic mass is 32.2. The number of anilines is 1. The second-order valence-electron chi connectivity index (χ2n) is 7.24. The molecule has 1 aromatic heterocycles. The summed E-state index contributed by atoms with van der Waals surface area (Å²) in [6.45, 7) is 2.59. The average molecular weight is 421 g/mol. The Morgan fingerprint density at radius 3 is 2.90 bits per heavy atom. The van der Waals surface area contributed by atoms with E-state index < -0.39 is 0 Å². The molecule has 0 saturated carbocycles. The third-order valence-electron chi connectivity index (χ3n) is 5.03. The lowest BCUT2D eigenvalue weighted by atomic mass is 10.1. The molecule has 3 aromatic rings. The maximum absolute atomic E-state index is 12.5. The quantitative estimate of drug-likeness (QED) is 0.592. The van der Waals surface area contributed by atoms with Crippen molar-refractivity contribution in [2.75, 3.05) is 17.6 Å². The highest BCUT2D eigenvalue weighted by Crippen LogP contribution is 2.31. The molecule has 0 fully saturated rings. The third-order valence-corrected chi connectivity index (χ3v) is 6.11. The zero-order chi connectivity index (χ0) is 20.9. The molecule has 0 unspecified atom stereocenters. The minimum absolute atomic E-state index is 0.00905. The smallest absolute Gasteiger partial charge is 0.251 e. The first-order chi connectivity index (χ1) is 14.6. The molecule has 154 valence electrons.